The summed E-state index contributed by atoms with van der Waals surface area (Å²) in [5.41, 5.74) is 1.74. The van der Waals surface area contributed by atoms with Crippen LogP contribution in [-0.4, -0.2) is 34.3 Å². The number of phenols is 1. The molecular formula is C13H21NO2. The lowest BCUT2D eigenvalue weighted by Gasteiger charge is -2.34. The van der Waals surface area contributed by atoms with Crippen LogP contribution in [-0.2, 0) is 6.54 Å². The third-order valence-corrected chi connectivity index (χ3v) is 3.06. The first-order chi connectivity index (χ1) is 7.36. The van der Waals surface area contributed by atoms with Gasteiger partial charge in [-0.15, -0.1) is 0 Å². The molecule has 0 saturated carbocycles. The van der Waals surface area contributed by atoms with Gasteiger partial charge in [0.15, 0.2) is 0 Å². The predicted molar refractivity (Wildman–Crippen MR) is 65.5 cm³/mol. The van der Waals surface area contributed by atoms with E-state index in [0.717, 1.165) is 11.1 Å². The average Bonchev–Trinajstić information content (AvgIpc) is 2.23. The molecule has 0 aliphatic rings. The van der Waals surface area contributed by atoms with Gasteiger partial charge in [-0.1, -0.05) is 17.7 Å². The van der Waals surface area contributed by atoms with E-state index in [1.165, 1.54) is 0 Å². The summed E-state index contributed by atoms with van der Waals surface area (Å²) in [6, 6.07) is 5.57. The zero-order valence-electron chi connectivity index (χ0n) is 10.5. The lowest BCUT2D eigenvalue weighted by molar-refractivity contribution is 0.0728. The van der Waals surface area contributed by atoms with Crippen LogP contribution in [0.15, 0.2) is 18.2 Å². The summed E-state index contributed by atoms with van der Waals surface area (Å²) in [6.07, 6.45) is 0. The molecule has 1 aromatic rings. The molecule has 0 amide bonds. The monoisotopic (exact) mass is 223 g/mol. The Bertz CT molecular complexity index is 361. The van der Waals surface area contributed by atoms with Gasteiger partial charge in [-0.25, -0.2) is 0 Å². The second-order valence-corrected chi connectivity index (χ2v) is 4.96. The molecule has 0 aliphatic carbocycles. The number of rotatable bonds is 4. The van der Waals surface area contributed by atoms with Crippen molar-refractivity contribution >= 4 is 0 Å². The average molecular weight is 223 g/mol. The molecule has 0 bridgehead atoms. The van der Waals surface area contributed by atoms with Gasteiger partial charge < -0.3 is 10.2 Å². The van der Waals surface area contributed by atoms with Crippen LogP contribution in [0.4, 0.5) is 0 Å². The molecule has 90 valence electrons. The third-order valence-electron chi connectivity index (χ3n) is 3.06. The van der Waals surface area contributed by atoms with Crippen LogP contribution in [0.3, 0.4) is 0 Å². The van der Waals surface area contributed by atoms with Crippen LogP contribution >= 0.6 is 0 Å². The Balaban J connectivity index is 2.84. The Labute approximate surface area is 97.3 Å². The summed E-state index contributed by atoms with van der Waals surface area (Å²) < 4.78 is 0. The van der Waals surface area contributed by atoms with Gasteiger partial charge in [-0.05, 0) is 33.9 Å². The fourth-order valence-corrected chi connectivity index (χ4v) is 1.43. The molecule has 3 heteroatoms. The van der Waals surface area contributed by atoms with Crippen molar-refractivity contribution in [3.8, 4) is 5.75 Å². The van der Waals surface area contributed by atoms with Gasteiger partial charge in [0.25, 0.3) is 0 Å². The quantitative estimate of drug-likeness (QED) is 0.819. The maximum atomic E-state index is 9.73. The van der Waals surface area contributed by atoms with Crippen LogP contribution < -0.4 is 0 Å². The molecule has 0 aromatic heterocycles. The second-order valence-electron chi connectivity index (χ2n) is 4.96. The molecule has 0 unspecified atom stereocenters. The number of nitrogens with zero attached hydrogens (tertiary/aromatic N) is 1. The van der Waals surface area contributed by atoms with Gasteiger partial charge in [0.2, 0.25) is 0 Å². The first kappa shape index (κ1) is 13.0. The lowest BCUT2D eigenvalue weighted by atomic mass is 10.0. The van der Waals surface area contributed by atoms with Crippen molar-refractivity contribution in [1.29, 1.82) is 0 Å². The molecule has 0 spiro atoms. The van der Waals surface area contributed by atoms with Crippen molar-refractivity contribution < 1.29 is 10.2 Å². The molecule has 0 atom stereocenters. The van der Waals surface area contributed by atoms with E-state index in [1.54, 1.807) is 6.07 Å². The van der Waals surface area contributed by atoms with E-state index < -0.39 is 0 Å². The standard InChI is InChI=1S/C13H21NO2/c1-10-5-6-12(16)11(7-10)8-14(4)13(2,3)9-15/h5-7,15-16H,8-9H2,1-4H3. The van der Waals surface area contributed by atoms with Gasteiger partial charge in [0.1, 0.15) is 5.75 Å². The van der Waals surface area contributed by atoms with Crippen molar-refractivity contribution in [2.75, 3.05) is 13.7 Å². The van der Waals surface area contributed by atoms with Crippen LogP contribution in [0.1, 0.15) is 25.0 Å². The third kappa shape index (κ3) is 2.97. The number of aryl methyl sites for hydroxylation is 1. The SMILES string of the molecule is Cc1ccc(O)c(CN(C)C(C)(C)CO)c1. The minimum Gasteiger partial charge on any atom is -0.508 e. The number of aliphatic hydroxyl groups excluding tert-OH is 1. The van der Waals surface area contributed by atoms with Crippen LogP contribution in [0.5, 0.6) is 5.75 Å². The van der Waals surface area contributed by atoms with E-state index in [4.69, 9.17) is 0 Å². The molecule has 1 rings (SSSR count). The highest BCUT2D eigenvalue weighted by molar-refractivity contribution is 5.35. The summed E-state index contributed by atoms with van der Waals surface area (Å²) in [7, 11) is 1.94. The first-order valence-corrected chi connectivity index (χ1v) is 5.47. The minimum absolute atomic E-state index is 0.0933. The molecule has 0 radical (unpaired) electrons. The molecule has 0 fully saturated rings. The zero-order valence-corrected chi connectivity index (χ0v) is 10.5. The Morgan fingerprint density at radius 1 is 1.31 bits per heavy atom. The van der Waals surface area contributed by atoms with Gasteiger partial charge in [0, 0.05) is 17.6 Å². The summed E-state index contributed by atoms with van der Waals surface area (Å²) in [5, 5.41) is 19.0. The van der Waals surface area contributed by atoms with Crippen molar-refractivity contribution in [2.24, 2.45) is 0 Å². The van der Waals surface area contributed by atoms with Crippen LogP contribution in [0.25, 0.3) is 0 Å². The van der Waals surface area contributed by atoms with Crippen LogP contribution in [0.2, 0.25) is 0 Å². The molecule has 16 heavy (non-hydrogen) atoms. The molecule has 2 N–H and O–H groups in total. The molecule has 0 heterocycles. The van der Waals surface area contributed by atoms with Gasteiger partial charge in [0.05, 0.1) is 6.61 Å². The lowest BCUT2D eigenvalue weighted by Crippen LogP contribution is -2.43. The number of aliphatic hydroxyl groups is 1. The Hall–Kier alpha value is -1.06. The van der Waals surface area contributed by atoms with E-state index in [9.17, 15) is 10.2 Å². The maximum absolute atomic E-state index is 9.73. The van der Waals surface area contributed by atoms with Crippen molar-refractivity contribution in [3.63, 3.8) is 0 Å². The van der Waals surface area contributed by atoms with E-state index in [1.807, 2.05) is 44.9 Å². The largest absolute Gasteiger partial charge is 0.508 e. The molecular weight excluding hydrogens is 202 g/mol. The normalized spacial score (nSPS) is 12.1. The summed E-state index contributed by atoms with van der Waals surface area (Å²) >= 11 is 0. The Morgan fingerprint density at radius 3 is 2.50 bits per heavy atom. The maximum Gasteiger partial charge on any atom is 0.120 e. The highest BCUT2D eigenvalue weighted by Gasteiger charge is 2.22. The smallest absolute Gasteiger partial charge is 0.120 e. The Kier molecular flexibility index (Phi) is 3.94. The summed E-state index contributed by atoms with van der Waals surface area (Å²) in [5.74, 6) is 0.311. The number of likely N-dealkylation sites (N-methyl/N-ethyl adjacent to an activating group) is 1. The zero-order chi connectivity index (χ0) is 12.3. The van der Waals surface area contributed by atoms with E-state index in [0.29, 0.717) is 12.3 Å². The second kappa shape index (κ2) is 4.85. The molecule has 0 aliphatic heterocycles. The van der Waals surface area contributed by atoms with Crippen LogP contribution in [0, 0.1) is 6.92 Å². The van der Waals surface area contributed by atoms with Gasteiger partial charge in [-0.3, -0.25) is 4.90 Å². The highest BCUT2D eigenvalue weighted by Crippen LogP contribution is 2.22. The number of aromatic hydroxyl groups is 1. The Morgan fingerprint density at radius 2 is 1.94 bits per heavy atom. The molecule has 0 saturated heterocycles. The van der Waals surface area contributed by atoms with E-state index in [2.05, 4.69) is 0 Å². The minimum atomic E-state index is -0.282. The van der Waals surface area contributed by atoms with Crippen molar-refractivity contribution in [2.45, 2.75) is 32.9 Å². The summed E-state index contributed by atoms with van der Waals surface area (Å²) in [6.45, 7) is 6.66. The number of hydrogen-bond acceptors (Lipinski definition) is 3. The number of hydrogen-bond donors (Lipinski definition) is 2. The van der Waals surface area contributed by atoms with Crippen molar-refractivity contribution in [3.05, 3.63) is 29.3 Å². The summed E-state index contributed by atoms with van der Waals surface area (Å²) in [4.78, 5) is 2.03. The topological polar surface area (TPSA) is 43.7 Å². The van der Waals surface area contributed by atoms with Crippen molar-refractivity contribution in [1.82, 2.24) is 4.90 Å². The fraction of sp³-hybridized carbons (Fsp3) is 0.538. The number of phenolic OH excluding ortho intramolecular Hbond substituents is 1. The van der Waals surface area contributed by atoms with E-state index in [-0.39, 0.29) is 12.1 Å². The molecule has 1 aromatic carbocycles. The molecule has 3 nitrogen and oxygen atoms in total. The van der Waals surface area contributed by atoms with Gasteiger partial charge >= 0.3 is 0 Å². The van der Waals surface area contributed by atoms with Gasteiger partial charge in [-0.2, -0.15) is 0 Å². The highest BCUT2D eigenvalue weighted by atomic mass is 16.3. The number of benzene rings is 1. The fourth-order valence-electron chi connectivity index (χ4n) is 1.43. The predicted octanol–water partition coefficient (Wildman–Crippen LogP) is 1.90. The first-order valence-electron chi connectivity index (χ1n) is 5.47. The van der Waals surface area contributed by atoms with E-state index >= 15 is 0 Å².